The number of aromatic nitrogens is 1. The van der Waals surface area contributed by atoms with Crippen LogP contribution in [-0.4, -0.2) is 43.6 Å². The van der Waals surface area contributed by atoms with Crippen LogP contribution in [0, 0.1) is 11.3 Å². The zero-order valence-electron chi connectivity index (χ0n) is 11.2. The van der Waals surface area contributed by atoms with Gasteiger partial charge in [-0.05, 0) is 12.1 Å². The Balaban J connectivity index is 2.29. The van der Waals surface area contributed by atoms with Crippen molar-refractivity contribution >= 4 is 11.8 Å². The quantitative estimate of drug-likeness (QED) is 0.673. The summed E-state index contributed by atoms with van der Waals surface area (Å²) < 4.78 is 4.80. The third kappa shape index (κ3) is 5.46. The smallest absolute Gasteiger partial charge is 0.269 e. The van der Waals surface area contributed by atoms with E-state index in [9.17, 15) is 9.59 Å². The summed E-state index contributed by atoms with van der Waals surface area (Å²) in [5, 5.41) is 13.8. The number of nitrogens with one attached hydrogen (secondary N) is 2. The van der Waals surface area contributed by atoms with E-state index in [1.165, 1.54) is 18.3 Å². The summed E-state index contributed by atoms with van der Waals surface area (Å²) >= 11 is 0. The summed E-state index contributed by atoms with van der Waals surface area (Å²) in [5.74, 6) is -0.533. The topological polar surface area (TPSA) is 104 Å². The van der Waals surface area contributed by atoms with Gasteiger partial charge >= 0.3 is 0 Å². The lowest BCUT2D eigenvalue weighted by molar-refractivity contribution is -0.121. The summed E-state index contributed by atoms with van der Waals surface area (Å²) in [4.78, 5) is 26.9. The van der Waals surface area contributed by atoms with Crippen molar-refractivity contribution in [3.8, 4) is 6.07 Å². The normalized spacial score (nSPS) is 9.60. The fourth-order valence-electron chi connectivity index (χ4n) is 1.36. The molecule has 20 heavy (non-hydrogen) atoms. The molecule has 1 rings (SSSR count). The third-order valence-electron chi connectivity index (χ3n) is 2.39. The largest absolute Gasteiger partial charge is 0.383 e. The number of rotatable bonds is 7. The van der Waals surface area contributed by atoms with Crippen LogP contribution in [0.4, 0.5) is 0 Å². The van der Waals surface area contributed by atoms with Crippen LogP contribution in [0.15, 0.2) is 18.3 Å². The van der Waals surface area contributed by atoms with Crippen LogP contribution in [0.25, 0.3) is 0 Å². The van der Waals surface area contributed by atoms with E-state index in [2.05, 4.69) is 15.6 Å². The van der Waals surface area contributed by atoms with Gasteiger partial charge < -0.3 is 15.4 Å². The van der Waals surface area contributed by atoms with E-state index in [4.69, 9.17) is 10.00 Å². The van der Waals surface area contributed by atoms with Gasteiger partial charge in [-0.3, -0.25) is 9.59 Å². The van der Waals surface area contributed by atoms with Crippen molar-refractivity contribution in [2.45, 2.75) is 6.42 Å². The minimum absolute atomic E-state index is 0.157. The molecule has 7 nitrogen and oxygen atoms in total. The molecule has 1 aromatic rings. The monoisotopic (exact) mass is 276 g/mol. The Bertz CT molecular complexity index is 493. The molecule has 0 atom stereocenters. The molecule has 0 saturated carbocycles. The Morgan fingerprint density at radius 2 is 2.15 bits per heavy atom. The molecule has 0 aromatic carbocycles. The molecule has 106 valence electrons. The highest BCUT2D eigenvalue weighted by molar-refractivity contribution is 5.92. The highest BCUT2D eigenvalue weighted by atomic mass is 16.5. The van der Waals surface area contributed by atoms with E-state index in [-0.39, 0.29) is 30.5 Å². The van der Waals surface area contributed by atoms with Gasteiger partial charge in [-0.1, -0.05) is 0 Å². The predicted octanol–water partition coefficient (Wildman–Crippen LogP) is -0.164. The van der Waals surface area contributed by atoms with Crippen LogP contribution in [0.5, 0.6) is 0 Å². The van der Waals surface area contributed by atoms with Gasteiger partial charge in [-0.15, -0.1) is 0 Å². The van der Waals surface area contributed by atoms with Gasteiger partial charge in [-0.25, -0.2) is 4.98 Å². The number of nitriles is 1. The SMILES string of the molecule is COCCNC(=O)CCNC(=O)c1ccc(C#N)cn1. The molecule has 0 aliphatic rings. The molecule has 0 fully saturated rings. The fraction of sp³-hybridized carbons (Fsp3) is 0.385. The number of methoxy groups -OCH3 is 1. The highest BCUT2D eigenvalue weighted by Gasteiger charge is 2.07. The van der Waals surface area contributed by atoms with Gasteiger partial charge in [0.2, 0.25) is 5.91 Å². The van der Waals surface area contributed by atoms with E-state index < -0.39 is 0 Å². The molecule has 0 aliphatic heterocycles. The predicted molar refractivity (Wildman–Crippen MR) is 70.8 cm³/mol. The van der Waals surface area contributed by atoms with E-state index >= 15 is 0 Å². The molecule has 0 saturated heterocycles. The van der Waals surface area contributed by atoms with Gasteiger partial charge in [0.15, 0.2) is 0 Å². The molecule has 1 aromatic heterocycles. The van der Waals surface area contributed by atoms with E-state index in [0.29, 0.717) is 18.7 Å². The van der Waals surface area contributed by atoms with Crippen LogP contribution >= 0.6 is 0 Å². The Morgan fingerprint density at radius 1 is 1.35 bits per heavy atom. The van der Waals surface area contributed by atoms with Gasteiger partial charge in [0, 0.05) is 32.8 Å². The Labute approximate surface area is 116 Å². The van der Waals surface area contributed by atoms with Gasteiger partial charge in [-0.2, -0.15) is 5.26 Å². The van der Waals surface area contributed by atoms with Crippen molar-refractivity contribution in [1.29, 1.82) is 5.26 Å². The zero-order valence-corrected chi connectivity index (χ0v) is 11.2. The first kappa shape index (κ1) is 15.6. The minimum atomic E-state index is -0.376. The molecular weight excluding hydrogens is 260 g/mol. The van der Waals surface area contributed by atoms with Crippen LogP contribution in [0.1, 0.15) is 22.5 Å². The minimum Gasteiger partial charge on any atom is -0.383 e. The second kappa shape index (κ2) is 8.61. The second-order valence-electron chi connectivity index (χ2n) is 3.89. The molecule has 0 aliphatic carbocycles. The van der Waals surface area contributed by atoms with Crippen LogP contribution < -0.4 is 10.6 Å². The molecule has 0 bridgehead atoms. The summed E-state index contributed by atoms with van der Waals surface area (Å²) in [6.07, 6.45) is 1.51. The van der Waals surface area contributed by atoms with Crippen molar-refractivity contribution in [3.63, 3.8) is 0 Å². The van der Waals surface area contributed by atoms with Crippen molar-refractivity contribution in [2.75, 3.05) is 26.8 Å². The van der Waals surface area contributed by atoms with Crippen molar-refractivity contribution < 1.29 is 14.3 Å². The third-order valence-corrected chi connectivity index (χ3v) is 2.39. The number of pyridine rings is 1. The van der Waals surface area contributed by atoms with E-state index in [0.717, 1.165) is 0 Å². The fourth-order valence-corrected chi connectivity index (χ4v) is 1.36. The summed E-state index contributed by atoms with van der Waals surface area (Å²) in [6, 6.07) is 4.90. The van der Waals surface area contributed by atoms with Crippen molar-refractivity contribution in [2.24, 2.45) is 0 Å². The highest BCUT2D eigenvalue weighted by Crippen LogP contribution is 1.98. The molecule has 2 N–H and O–H groups in total. The number of hydrogen-bond acceptors (Lipinski definition) is 5. The van der Waals surface area contributed by atoms with Crippen molar-refractivity contribution in [3.05, 3.63) is 29.6 Å². The molecular formula is C13H16N4O3. The standard InChI is InChI=1S/C13H16N4O3/c1-20-7-6-15-12(18)4-5-16-13(19)11-3-2-10(8-14)9-17-11/h2-3,9H,4-7H2,1H3,(H,15,18)(H,16,19). The molecule has 1 heterocycles. The number of carbonyl (C=O) groups is 2. The Kier molecular flexibility index (Phi) is 6.71. The number of nitrogens with zero attached hydrogens (tertiary/aromatic N) is 2. The lowest BCUT2D eigenvalue weighted by Gasteiger charge is -2.06. The maximum Gasteiger partial charge on any atom is 0.269 e. The lowest BCUT2D eigenvalue weighted by Crippen LogP contribution is -2.32. The van der Waals surface area contributed by atoms with E-state index in [1.54, 1.807) is 7.11 Å². The number of amides is 2. The van der Waals surface area contributed by atoms with E-state index in [1.807, 2.05) is 6.07 Å². The average Bonchev–Trinajstić information content (AvgIpc) is 2.47. The number of ether oxygens (including phenoxy) is 1. The number of hydrogen-bond donors (Lipinski definition) is 2. The van der Waals surface area contributed by atoms with Gasteiger partial charge in [0.1, 0.15) is 11.8 Å². The first-order valence-electron chi connectivity index (χ1n) is 6.07. The molecule has 0 spiro atoms. The first-order chi connectivity index (χ1) is 9.67. The summed E-state index contributed by atoms with van der Waals surface area (Å²) in [7, 11) is 1.55. The first-order valence-corrected chi connectivity index (χ1v) is 6.07. The average molecular weight is 276 g/mol. The van der Waals surface area contributed by atoms with Crippen LogP contribution in [0.2, 0.25) is 0 Å². The molecule has 0 unspecified atom stereocenters. The van der Waals surface area contributed by atoms with Gasteiger partial charge in [0.25, 0.3) is 5.91 Å². The molecule has 2 amide bonds. The number of carbonyl (C=O) groups excluding carboxylic acids is 2. The molecule has 7 heteroatoms. The maximum absolute atomic E-state index is 11.7. The Hall–Kier alpha value is -2.46. The second-order valence-corrected chi connectivity index (χ2v) is 3.89. The van der Waals surface area contributed by atoms with Crippen LogP contribution in [0.3, 0.4) is 0 Å². The van der Waals surface area contributed by atoms with Gasteiger partial charge in [0.05, 0.1) is 12.2 Å². The maximum atomic E-state index is 11.7. The summed E-state index contributed by atoms with van der Waals surface area (Å²) in [6.45, 7) is 1.12. The lowest BCUT2D eigenvalue weighted by atomic mass is 10.2. The summed E-state index contributed by atoms with van der Waals surface area (Å²) in [5.41, 5.74) is 0.600. The Morgan fingerprint density at radius 3 is 2.75 bits per heavy atom. The zero-order chi connectivity index (χ0) is 14.8. The van der Waals surface area contributed by atoms with Crippen LogP contribution in [-0.2, 0) is 9.53 Å². The van der Waals surface area contributed by atoms with Crippen molar-refractivity contribution in [1.82, 2.24) is 15.6 Å². The molecule has 0 radical (unpaired) electrons.